The summed E-state index contributed by atoms with van der Waals surface area (Å²) >= 11 is 0. The van der Waals surface area contributed by atoms with Crippen LogP contribution in [0.2, 0.25) is 0 Å². The fourth-order valence-electron chi connectivity index (χ4n) is 3.39. The molecule has 0 heterocycles. The van der Waals surface area contributed by atoms with E-state index in [0.29, 0.717) is 5.75 Å². The summed E-state index contributed by atoms with van der Waals surface area (Å²) in [6.45, 7) is 3.84. The molecule has 3 atom stereocenters. The Morgan fingerprint density at radius 1 is 1.23 bits per heavy atom. The molecule has 0 bridgehead atoms. The molecular weight excluding hydrogens is 397 g/mol. The summed E-state index contributed by atoms with van der Waals surface area (Å²) in [4.78, 5) is 17.6. The minimum atomic E-state index is -1.20. The zero-order chi connectivity index (χ0) is 22.4. The molecule has 5 nitrogen and oxygen atoms in total. The van der Waals surface area contributed by atoms with Gasteiger partial charge in [0, 0.05) is 17.7 Å². The van der Waals surface area contributed by atoms with Crippen LogP contribution in [0.25, 0.3) is 0 Å². The number of hydrogen-bond acceptors (Lipinski definition) is 5. The summed E-state index contributed by atoms with van der Waals surface area (Å²) in [6.07, 6.45) is 11.0. The molecule has 1 fully saturated rings. The predicted molar refractivity (Wildman–Crippen MR) is 115 cm³/mol. The first kappa shape index (κ1) is 21.9. The van der Waals surface area contributed by atoms with Crippen LogP contribution in [0.5, 0.6) is 11.5 Å². The largest absolute Gasteiger partial charge is 0.454 e. The number of ether oxygens (including phenoxy) is 2. The van der Waals surface area contributed by atoms with Gasteiger partial charge in [0.05, 0.1) is 5.92 Å². The number of esters is 1. The van der Waals surface area contributed by atoms with E-state index in [-0.39, 0.29) is 23.8 Å². The third-order valence-corrected chi connectivity index (χ3v) is 5.24. The summed E-state index contributed by atoms with van der Waals surface area (Å²) < 4.78 is 26.1. The number of para-hydroxylation sites is 1. The van der Waals surface area contributed by atoms with Gasteiger partial charge in [-0.2, -0.15) is 0 Å². The number of rotatable bonds is 8. The normalized spacial score (nSPS) is 19.6. The Morgan fingerprint density at radius 3 is 2.65 bits per heavy atom. The number of halogens is 1. The molecule has 2 aromatic carbocycles. The van der Waals surface area contributed by atoms with Gasteiger partial charge < -0.3 is 14.3 Å². The highest BCUT2D eigenvalue weighted by atomic mass is 19.1. The lowest BCUT2D eigenvalue weighted by atomic mass is 10.1. The van der Waals surface area contributed by atoms with Crippen molar-refractivity contribution in [3.8, 4) is 36.2 Å². The second-order valence-electron chi connectivity index (χ2n) is 7.61. The fourth-order valence-corrected chi connectivity index (χ4v) is 3.39. The van der Waals surface area contributed by atoms with Crippen LogP contribution in [0, 0.1) is 47.8 Å². The molecule has 158 valence electrons. The molecule has 6 heteroatoms. The summed E-state index contributed by atoms with van der Waals surface area (Å²) in [5.41, 5.74) is -0.346. The van der Waals surface area contributed by atoms with E-state index in [1.165, 1.54) is 18.3 Å². The molecular formula is C25H22FNO4. The zero-order valence-corrected chi connectivity index (χ0v) is 17.2. The number of carbonyl (C=O) groups is 1. The van der Waals surface area contributed by atoms with Crippen molar-refractivity contribution in [2.24, 2.45) is 22.4 Å². The molecule has 0 saturated heterocycles. The highest BCUT2D eigenvalue weighted by Crippen LogP contribution is 2.58. The molecule has 0 radical (unpaired) electrons. The van der Waals surface area contributed by atoms with Gasteiger partial charge in [0.2, 0.25) is 0 Å². The third kappa shape index (κ3) is 4.87. The van der Waals surface area contributed by atoms with Gasteiger partial charge in [0.1, 0.15) is 5.75 Å². The fraction of sp³-hybridized carbons (Fsp3) is 0.280. The molecule has 31 heavy (non-hydrogen) atoms. The first-order valence-electron chi connectivity index (χ1n) is 9.67. The van der Waals surface area contributed by atoms with Gasteiger partial charge in [-0.15, -0.1) is 12.8 Å². The highest BCUT2D eigenvalue weighted by Gasteiger charge is 2.62. The van der Waals surface area contributed by atoms with E-state index in [2.05, 4.69) is 17.0 Å². The van der Waals surface area contributed by atoms with Gasteiger partial charge in [0.15, 0.2) is 24.3 Å². The quantitative estimate of drug-likeness (QED) is 0.204. The minimum Gasteiger partial charge on any atom is -0.454 e. The number of carbonyl (C=O) groups excluding carboxylic acids is 1. The first-order chi connectivity index (χ1) is 14.9. The van der Waals surface area contributed by atoms with E-state index in [9.17, 15) is 4.79 Å². The SMILES string of the molecule is C#CCO/N=C/C1C(C(=O)OC(C#C)c2cccc(Oc3ccccc3)c2F)C1(C)C. The average Bonchev–Trinajstić information content (AvgIpc) is 3.32. The van der Waals surface area contributed by atoms with Crippen molar-refractivity contribution in [1.29, 1.82) is 0 Å². The summed E-state index contributed by atoms with van der Waals surface area (Å²) in [7, 11) is 0. The van der Waals surface area contributed by atoms with Gasteiger partial charge in [-0.1, -0.05) is 61.2 Å². The lowest BCUT2D eigenvalue weighted by Crippen LogP contribution is -2.15. The lowest BCUT2D eigenvalue weighted by Gasteiger charge is -2.16. The van der Waals surface area contributed by atoms with Gasteiger partial charge in [0.25, 0.3) is 0 Å². The molecule has 1 saturated carbocycles. The molecule has 0 amide bonds. The minimum absolute atomic E-state index is 0.0116. The van der Waals surface area contributed by atoms with Crippen LogP contribution in [0.1, 0.15) is 25.5 Å². The number of terminal acetylenes is 2. The topological polar surface area (TPSA) is 57.1 Å². The van der Waals surface area contributed by atoms with Crippen LogP contribution in [-0.2, 0) is 14.4 Å². The molecule has 3 unspecified atom stereocenters. The van der Waals surface area contributed by atoms with E-state index >= 15 is 4.39 Å². The second-order valence-corrected chi connectivity index (χ2v) is 7.61. The smallest absolute Gasteiger partial charge is 0.311 e. The molecule has 0 N–H and O–H groups in total. The Morgan fingerprint density at radius 2 is 1.97 bits per heavy atom. The van der Waals surface area contributed by atoms with Crippen LogP contribution >= 0.6 is 0 Å². The van der Waals surface area contributed by atoms with Crippen LogP contribution in [0.3, 0.4) is 0 Å². The van der Waals surface area contributed by atoms with Crippen molar-refractivity contribution in [2.45, 2.75) is 20.0 Å². The standard InChI is InChI=1S/C25H22FNO4/c1-5-15-29-27-16-19-22(25(19,3)4)24(28)31-20(6-2)18-13-10-14-21(23(18)26)30-17-11-8-7-9-12-17/h1-2,7-14,16,19-20,22H,15H2,3-4H3/b27-16+. The van der Waals surface area contributed by atoms with Crippen LogP contribution in [0.4, 0.5) is 4.39 Å². The van der Waals surface area contributed by atoms with Gasteiger partial charge >= 0.3 is 5.97 Å². The first-order valence-corrected chi connectivity index (χ1v) is 9.67. The third-order valence-electron chi connectivity index (χ3n) is 5.24. The van der Waals surface area contributed by atoms with Gasteiger partial charge in [-0.05, 0) is 23.6 Å². The van der Waals surface area contributed by atoms with Crippen molar-refractivity contribution in [1.82, 2.24) is 0 Å². The number of benzene rings is 2. The van der Waals surface area contributed by atoms with E-state index < -0.39 is 29.2 Å². The van der Waals surface area contributed by atoms with Crippen molar-refractivity contribution in [3.05, 3.63) is 59.9 Å². The Bertz CT molecular complexity index is 1050. The van der Waals surface area contributed by atoms with Crippen LogP contribution in [-0.4, -0.2) is 18.8 Å². The molecule has 2 aromatic rings. The van der Waals surface area contributed by atoms with Crippen LogP contribution in [0.15, 0.2) is 53.7 Å². The van der Waals surface area contributed by atoms with E-state index in [1.807, 2.05) is 19.9 Å². The monoisotopic (exact) mass is 419 g/mol. The molecule has 1 aliphatic carbocycles. The molecule has 1 aliphatic rings. The Balaban J connectivity index is 1.72. The van der Waals surface area contributed by atoms with E-state index in [0.717, 1.165) is 0 Å². The van der Waals surface area contributed by atoms with E-state index in [4.69, 9.17) is 27.2 Å². The van der Waals surface area contributed by atoms with Gasteiger partial charge in [-0.25, -0.2) is 4.39 Å². The molecule has 0 aliphatic heterocycles. The molecule has 0 spiro atoms. The number of nitrogens with zero attached hydrogens (tertiary/aromatic N) is 1. The van der Waals surface area contributed by atoms with Crippen molar-refractivity contribution >= 4 is 12.2 Å². The highest BCUT2D eigenvalue weighted by molar-refractivity contribution is 5.85. The lowest BCUT2D eigenvalue weighted by molar-refractivity contribution is -0.149. The summed E-state index contributed by atoms with van der Waals surface area (Å²) in [5.74, 6) is 3.21. The second kappa shape index (κ2) is 9.36. The van der Waals surface area contributed by atoms with Crippen molar-refractivity contribution < 1.29 is 23.5 Å². The maximum absolute atomic E-state index is 15.1. The molecule has 3 rings (SSSR count). The zero-order valence-electron chi connectivity index (χ0n) is 17.2. The Labute approximate surface area is 181 Å². The maximum atomic E-state index is 15.1. The van der Waals surface area contributed by atoms with Crippen molar-refractivity contribution in [3.63, 3.8) is 0 Å². The Hall–Kier alpha value is -3.77. The Kier molecular flexibility index (Phi) is 6.62. The van der Waals surface area contributed by atoms with Crippen LogP contribution < -0.4 is 4.74 Å². The number of oxime groups is 1. The number of hydrogen-bond donors (Lipinski definition) is 0. The maximum Gasteiger partial charge on any atom is 0.311 e. The summed E-state index contributed by atoms with van der Waals surface area (Å²) in [5, 5.41) is 3.78. The molecule has 0 aromatic heterocycles. The summed E-state index contributed by atoms with van der Waals surface area (Å²) in [6, 6.07) is 13.3. The predicted octanol–water partition coefficient (Wildman–Crippen LogP) is 4.74. The van der Waals surface area contributed by atoms with Crippen molar-refractivity contribution in [2.75, 3.05) is 6.61 Å². The average molecular weight is 419 g/mol. The van der Waals surface area contributed by atoms with E-state index in [1.54, 1.807) is 30.3 Å². The van der Waals surface area contributed by atoms with Gasteiger partial charge in [-0.3, -0.25) is 4.79 Å².